The lowest BCUT2D eigenvalue weighted by atomic mass is 10.1. The van der Waals surface area contributed by atoms with Crippen molar-refractivity contribution in [3.8, 4) is 17.2 Å². The molecule has 2 aromatic carbocycles. The van der Waals surface area contributed by atoms with Gasteiger partial charge in [-0.3, -0.25) is 0 Å². The number of hydrogen-bond acceptors (Lipinski definition) is 5. The van der Waals surface area contributed by atoms with Crippen molar-refractivity contribution in [3.05, 3.63) is 53.3 Å². The molecule has 5 nitrogen and oxygen atoms in total. The first-order valence-corrected chi connectivity index (χ1v) is 8.57. The number of ether oxygens (including phenoxy) is 4. The van der Waals surface area contributed by atoms with Crippen LogP contribution in [0.15, 0.2) is 36.4 Å². The molecule has 140 valence electrons. The van der Waals surface area contributed by atoms with E-state index in [1.54, 1.807) is 30.3 Å². The zero-order valence-corrected chi connectivity index (χ0v) is 15.2. The number of esters is 1. The number of carbonyl (C=O) groups is 1. The van der Waals surface area contributed by atoms with Crippen LogP contribution in [0.4, 0.5) is 4.39 Å². The second-order valence-electron chi connectivity index (χ2n) is 5.27. The second kappa shape index (κ2) is 9.65. The van der Waals surface area contributed by atoms with E-state index in [1.807, 2.05) is 20.8 Å². The van der Waals surface area contributed by atoms with Crippen LogP contribution >= 0.6 is 0 Å². The Hall–Kier alpha value is -2.76. The summed E-state index contributed by atoms with van der Waals surface area (Å²) in [5.74, 6) is 0.230. The Morgan fingerprint density at radius 1 is 0.923 bits per heavy atom. The molecule has 0 unspecified atom stereocenters. The molecule has 0 aliphatic rings. The lowest BCUT2D eigenvalue weighted by molar-refractivity contribution is 0.0467. The molecule has 0 heterocycles. The van der Waals surface area contributed by atoms with Crippen molar-refractivity contribution in [2.24, 2.45) is 0 Å². The summed E-state index contributed by atoms with van der Waals surface area (Å²) >= 11 is 0. The third kappa shape index (κ3) is 4.88. The highest BCUT2D eigenvalue weighted by Gasteiger charge is 2.19. The minimum Gasteiger partial charge on any atom is -0.490 e. The fraction of sp³-hybridized carbons (Fsp3) is 0.350. The number of carbonyl (C=O) groups excluding carboxylic acids is 1. The molecule has 2 rings (SSSR count). The fourth-order valence-corrected chi connectivity index (χ4v) is 2.35. The van der Waals surface area contributed by atoms with Gasteiger partial charge in [-0.2, -0.15) is 0 Å². The van der Waals surface area contributed by atoms with Gasteiger partial charge in [0.15, 0.2) is 11.5 Å². The summed E-state index contributed by atoms with van der Waals surface area (Å²) < 4.78 is 35.6. The molecule has 0 spiro atoms. The monoisotopic (exact) mass is 362 g/mol. The predicted molar refractivity (Wildman–Crippen MR) is 95.5 cm³/mol. The molecule has 0 radical (unpaired) electrons. The van der Waals surface area contributed by atoms with E-state index >= 15 is 0 Å². The SMILES string of the molecule is CCOc1cc(C(=O)OCc2ccccc2F)cc(OCC)c1OCC. The van der Waals surface area contributed by atoms with Gasteiger partial charge in [0.25, 0.3) is 0 Å². The predicted octanol–water partition coefficient (Wildman–Crippen LogP) is 4.38. The van der Waals surface area contributed by atoms with Crippen LogP contribution in [0, 0.1) is 5.82 Å². The molecule has 0 aliphatic carbocycles. The highest BCUT2D eigenvalue weighted by atomic mass is 19.1. The van der Waals surface area contributed by atoms with Gasteiger partial charge in [0.1, 0.15) is 12.4 Å². The Kier molecular flexibility index (Phi) is 7.26. The maximum Gasteiger partial charge on any atom is 0.338 e. The number of rotatable bonds is 9. The summed E-state index contributed by atoms with van der Waals surface area (Å²) in [7, 11) is 0. The van der Waals surface area contributed by atoms with Gasteiger partial charge in [0, 0.05) is 5.56 Å². The second-order valence-corrected chi connectivity index (χ2v) is 5.27. The summed E-state index contributed by atoms with van der Waals surface area (Å²) in [6.07, 6.45) is 0. The van der Waals surface area contributed by atoms with E-state index in [0.717, 1.165) is 0 Å². The molecule has 0 atom stereocenters. The Morgan fingerprint density at radius 2 is 1.50 bits per heavy atom. The number of benzene rings is 2. The quantitative estimate of drug-likeness (QED) is 0.620. The summed E-state index contributed by atoms with van der Waals surface area (Å²) in [4.78, 5) is 12.4. The van der Waals surface area contributed by atoms with Gasteiger partial charge in [-0.15, -0.1) is 0 Å². The van der Waals surface area contributed by atoms with Crippen molar-refractivity contribution < 1.29 is 28.1 Å². The zero-order chi connectivity index (χ0) is 18.9. The summed E-state index contributed by atoms with van der Waals surface area (Å²) in [6.45, 7) is 6.59. The Labute approximate surface area is 152 Å². The van der Waals surface area contributed by atoms with E-state index in [4.69, 9.17) is 18.9 Å². The van der Waals surface area contributed by atoms with Gasteiger partial charge in [-0.25, -0.2) is 9.18 Å². The minimum atomic E-state index is -0.599. The first-order valence-electron chi connectivity index (χ1n) is 8.57. The molecule has 0 N–H and O–H groups in total. The molecule has 0 saturated carbocycles. The maximum absolute atomic E-state index is 13.7. The van der Waals surface area contributed by atoms with Crippen LogP contribution < -0.4 is 14.2 Å². The molecular weight excluding hydrogens is 339 g/mol. The lowest BCUT2D eigenvalue weighted by Gasteiger charge is -2.17. The average Bonchev–Trinajstić information content (AvgIpc) is 2.63. The molecule has 2 aromatic rings. The number of hydrogen-bond donors (Lipinski definition) is 0. The highest BCUT2D eigenvalue weighted by molar-refractivity contribution is 5.91. The van der Waals surface area contributed by atoms with Gasteiger partial charge in [0.05, 0.1) is 25.4 Å². The molecule has 0 aliphatic heterocycles. The molecule has 0 bridgehead atoms. The van der Waals surface area contributed by atoms with Crippen LogP contribution in [-0.4, -0.2) is 25.8 Å². The molecule has 0 fully saturated rings. The summed E-state index contributed by atoms with van der Waals surface area (Å²) in [5.41, 5.74) is 0.554. The summed E-state index contributed by atoms with van der Waals surface area (Å²) in [6, 6.07) is 9.24. The largest absolute Gasteiger partial charge is 0.490 e. The fourth-order valence-electron chi connectivity index (χ4n) is 2.35. The Morgan fingerprint density at radius 3 is 2.04 bits per heavy atom. The Balaban J connectivity index is 2.26. The van der Waals surface area contributed by atoms with Gasteiger partial charge in [-0.05, 0) is 39.0 Å². The van der Waals surface area contributed by atoms with Crippen molar-refractivity contribution in [1.29, 1.82) is 0 Å². The first kappa shape index (κ1) is 19.6. The maximum atomic E-state index is 13.7. The van der Waals surface area contributed by atoms with Crippen LogP contribution in [0.2, 0.25) is 0 Å². The van der Waals surface area contributed by atoms with E-state index in [0.29, 0.717) is 42.6 Å². The van der Waals surface area contributed by atoms with E-state index in [2.05, 4.69) is 0 Å². The third-order valence-corrected chi connectivity index (χ3v) is 3.46. The normalized spacial score (nSPS) is 10.3. The van der Waals surface area contributed by atoms with Crippen LogP contribution in [-0.2, 0) is 11.3 Å². The molecule has 6 heteroatoms. The van der Waals surface area contributed by atoms with E-state index < -0.39 is 11.8 Å². The van der Waals surface area contributed by atoms with E-state index in [9.17, 15) is 9.18 Å². The van der Waals surface area contributed by atoms with Crippen LogP contribution in [0.1, 0.15) is 36.7 Å². The van der Waals surface area contributed by atoms with E-state index in [1.165, 1.54) is 6.07 Å². The first-order chi connectivity index (χ1) is 12.6. The molecule has 0 aromatic heterocycles. The van der Waals surface area contributed by atoms with Crippen LogP contribution in [0.5, 0.6) is 17.2 Å². The molecule has 0 amide bonds. The van der Waals surface area contributed by atoms with Crippen molar-refractivity contribution in [2.75, 3.05) is 19.8 Å². The van der Waals surface area contributed by atoms with Gasteiger partial charge >= 0.3 is 5.97 Å². The van der Waals surface area contributed by atoms with Crippen LogP contribution in [0.3, 0.4) is 0 Å². The molecular formula is C20H23FO5. The van der Waals surface area contributed by atoms with Gasteiger partial charge in [0.2, 0.25) is 5.75 Å². The van der Waals surface area contributed by atoms with Crippen molar-refractivity contribution >= 4 is 5.97 Å². The lowest BCUT2D eigenvalue weighted by Crippen LogP contribution is -2.09. The van der Waals surface area contributed by atoms with Crippen molar-refractivity contribution in [1.82, 2.24) is 0 Å². The Bertz CT molecular complexity index is 718. The third-order valence-electron chi connectivity index (χ3n) is 3.46. The topological polar surface area (TPSA) is 54.0 Å². The zero-order valence-electron chi connectivity index (χ0n) is 15.2. The highest BCUT2D eigenvalue weighted by Crippen LogP contribution is 2.39. The average molecular weight is 362 g/mol. The summed E-state index contributed by atoms with van der Waals surface area (Å²) in [5, 5.41) is 0. The minimum absolute atomic E-state index is 0.160. The van der Waals surface area contributed by atoms with Crippen molar-refractivity contribution in [2.45, 2.75) is 27.4 Å². The molecule has 26 heavy (non-hydrogen) atoms. The van der Waals surface area contributed by atoms with Crippen molar-refractivity contribution in [3.63, 3.8) is 0 Å². The van der Waals surface area contributed by atoms with Crippen LogP contribution in [0.25, 0.3) is 0 Å². The van der Waals surface area contributed by atoms with Gasteiger partial charge in [-0.1, -0.05) is 18.2 Å². The van der Waals surface area contributed by atoms with E-state index in [-0.39, 0.29) is 12.2 Å². The standard InChI is InChI=1S/C20H23FO5/c1-4-23-17-11-15(12-18(24-5-2)19(17)25-6-3)20(22)26-13-14-9-7-8-10-16(14)21/h7-12H,4-6,13H2,1-3H3. The van der Waals surface area contributed by atoms with Gasteiger partial charge < -0.3 is 18.9 Å². The number of halogens is 1. The molecule has 0 saturated heterocycles. The smallest absolute Gasteiger partial charge is 0.338 e.